The maximum atomic E-state index is 13.8. The fourth-order valence-electron chi connectivity index (χ4n) is 6.91. The van der Waals surface area contributed by atoms with Crippen LogP contribution in [0.5, 0.6) is 0 Å². The maximum absolute atomic E-state index is 13.8. The van der Waals surface area contributed by atoms with E-state index in [1.807, 2.05) is 66.1 Å². The van der Waals surface area contributed by atoms with Crippen LogP contribution < -0.4 is 21.3 Å². The van der Waals surface area contributed by atoms with Crippen LogP contribution >= 0.6 is 0 Å². The van der Waals surface area contributed by atoms with Crippen molar-refractivity contribution in [2.45, 2.75) is 175 Å². The predicted molar refractivity (Wildman–Crippen MR) is 221 cm³/mol. The van der Waals surface area contributed by atoms with Crippen LogP contribution in [0.15, 0.2) is 36.7 Å². The SMILES string of the molecule is CC(C)c1nccn1CCCCc1ccc(CC(=O)N[C@@H](COC(C)(C)C)C(=O)N[C@@H](CCCCNC(=O)OC(C)(C)C)C(=O)NCCC2CCCCC2)cc1. The molecular formula is C44H72N6O6. The molecule has 4 amide bonds. The lowest BCUT2D eigenvalue weighted by molar-refractivity contribution is -0.134. The number of nitrogens with one attached hydrogen (secondary N) is 4. The maximum Gasteiger partial charge on any atom is 0.407 e. The number of unbranched alkanes of at least 4 members (excludes halogenated alkanes) is 2. The molecule has 0 radical (unpaired) electrons. The summed E-state index contributed by atoms with van der Waals surface area (Å²) in [5.74, 6) is 1.08. The highest BCUT2D eigenvalue weighted by Gasteiger charge is 2.29. The average Bonchev–Trinajstić information content (AvgIpc) is 3.60. The second-order valence-electron chi connectivity index (χ2n) is 17.7. The van der Waals surface area contributed by atoms with Gasteiger partial charge >= 0.3 is 6.09 Å². The number of hydrogen-bond acceptors (Lipinski definition) is 7. The first-order valence-corrected chi connectivity index (χ1v) is 21.1. The summed E-state index contributed by atoms with van der Waals surface area (Å²) in [5.41, 5.74) is 0.912. The van der Waals surface area contributed by atoms with Crippen molar-refractivity contribution in [1.82, 2.24) is 30.8 Å². The van der Waals surface area contributed by atoms with Crippen molar-refractivity contribution in [2.75, 3.05) is 19.7 Å². The molecule has 4 N–H and O–H groups in total. The van der Waals surface area contributed by atoms with E-state index in [-0.39, 0.29) is 24.8 Å². The van der Waals surface area contributed by atoms with Crippen LogP contribution in [0.25, 0.3) is 0 Å². The van der Waals surface area contributed by atoms with Crippen LogP contribution in [0, 0.1) is 5.92 Å². The van der Waals surface area contributed by atoms with Gasteiger partial charge in [0.25, 0.3) is 0 Å². The summed E-state index contributed by atoms with van der Waals surface area (Å²) in [6.07, 6.45) is 15.1. The zero-order chi connectivity index (χ0) is 41.1. The standard InChI is InChI=1S/C44H72N6O6/c1-32(2)39-45-27-29-50(39)28-15-13-18-34-20-22-35(23-21-34)30-38(51)48-37(31-55-43(3,4)5)41(53)49-36(19-12-14-25-47-42(54)56-44(6,7)8)40(52)46-26-24-33-16-10-9-11-17-33/h20-23,27,29,32-33,36-37H,9-19,24-26,28,30-31H2,1-8H3,(H,46,52)(H,47,54)(H,48,51)(H,49,53)/t36-,37-/m0/s1. The lowest BCUT2D eigenvalue weighted by Crippen LogP contribution is -2.56. The minimum absolute atomic E-state index is 0.0480. The van der Waals surface area contributed by atoms with E-state index >= 15 is 0 Å². The van der Waals surface area contributed by atoms with Gasteiger partial charge in [0.15, 0.2) is 0 Å². The van der Waals surface area contributed by atoms with Gasteiger partial charge < -0.3 is 35.3 Å². The molecule has 12 nitrogen and oxygen atoms in total. The molecule has 1 aromatic heterocycles. The zero-order valence-electron chi connectivity index (χ0n) is 35.6. The van der Waals surface area contributed by atoms with Crippen LogP contribution in [-0.2, 0) is 43.2 Å². The van der Waals surface area contributed by atoms with Crippen LogP contribution in [0.4, 0.5) is 4.79 Å². The highest BCUT2D eigenvalue weighted by Crippen LogP contribution is 2.25. The molecule has 1 aliphatic rings. The number of hydrogen-bond donors (Lipinski definition) is 4. The number of aryl methyl sites for hydroxylation is 2. The minimum Gasteiger partial charge on any atom is -0.444 e. The number of imidazole rings is 1. The quantitative estimate of drug-likeness (QED) is 0.0928. The molecule has 3 rings (SSSR count). The molecule has 1 aromatic carbocycles. The average molecular weight is 781 g/mol. The molecule has 2 atom stereocenters. The molecule has 12 heteroatoms. The van der Waals surface area contributed by atoms with Crippen molar-refractivity contribution in [2.24, 2.45) is 5.92 Å². The Kier molecular flexibility index (Phi) is 19.4. The number of aromatic nitrogens is 2. The summed E-state index contributed by atoms with van der Waals surface area (Å²) in [5, 5.41) is 11.6. The molecule has 314 valence electrons. The van der Waals surface area contributed by atoms with Crippen LogP contribution in [0.1, 0.15) is 149 Å². The molecule has 0 spiro atoms. The lowest BCUT2D eigenvalue weighted by Gasteiger charge is -2.27. The summed E-state index contributed by atoms with van der Waals surface area (Å²) in [6.45, 7) is 17.2. The van der Waals surface area contributed by atoms with Gasteiger partial charge in [0.2, 0.25) is 17.7 Å². The molecule has 2 aromatic rings. The molecule has 56 heavy (non-hydrogen) atoms. The molecule has 1 heterocycles. The summed E-state index contributed by atoms with van der Waals surface area (Å²) >= 11 is 0. The Morgan fingerprint density at radius 1 is 0.804 bits per heavy atom. The Bertz CT molecular complexity index is 1490. The predicted octanol–water partition coefficient (Wildman–Crippen LogP) is 7.14. The van der Waals surface area contributed by atoms with E-state index in [1.54, 1.807) is 0 Å². The molecule has 0 saturated heterocycles. The minimum atomic E-state index is -1.00. The highest BCUT2D eigenvalue weighted by molar-refractivity contribution is 5.92. The van der Waals surface area contributed by atoms with E-state index in [0.717, 1.165) is 43.6 Å². The van der Waals surface area contributed by atoms with Crippen molar-refractivity contribution in [3.8, 4) is 0 Å². The van der Waals surface area contributed by atoms with Crippen LogP contribution in [0.2, 0.25) is 0 Å². The third-order valence-corrected chi connectivity index (χ3v) is 9.90. The van der Waals surface area contributed by atoms with Crippen LogP contribution in [0.3, 0.4) is 0 Å². The number of nitrogens with zero attached hydrogens (tertiary/aromatic N) is 2. The van der Waals surface area contributed by atoms with Gasteiger partial charge in [-0.05, 0) is 104 Å². The van der Waals surface area contributed by atoms with Gasteiger partial charge in [-0.15, -0.1) is 0 Å². The second kappa shape index (κ2) is 23.3. The largest absolute Gasteiger partial charge is 0.444 e. The van der Waals surface area contributed by atoms with Gasteiger partial charge in [0.05, 0.1) is 18.6 Å². The lowest BCUT2D eigenvalue weighted by atomic mass is 9.87. The summed E-state index contributed by atoms with van der Waals surface area (Å²) in [6, 6.07) is 6.24. The second-order valence-corrected chi connectivity index (χ2v) is 17.7. The highest BCUT2D eigenvalue weighted by atomic mass is 16.6. The van der Waals surface area contributed by atoms with Crippen molar-refractivity contribution in [3.63, 3.8) is 0 Å². The molecule has 1 aliphatic carbocycles. The third kappa shape index (κ3) is 18.8. The topological polar surface area (TPSA) is 153 Å². The van der Waals surface area contributed by atoms with Gasteiger partial charge in [0.1, 0.15) is 23.5 Å². The summed E-state index contributed by atoms with van der Waals surface area (Å²) < 4.78 is 13.5. The van der Waals surface area contributed by atoms with E-state index in [4.69, 9.17) is 9.47 Å². The van der Waals surface area contributed by atoms with Crippen LogP contribution in [-0.4, -0.2) is 76.3 Å². The Morgan fingerprint density at radius 3 is 2.16 bits per heavy atom. The zero-order valence-corrected chi connectivity index (χ0v) is 35.6. The molecule has 1 fully saturated rings. The first-order chi connectivity index (χ1) is 26.5. The Hall–Kier alpha value is -3.93. The number of ether oxygens (including phenoxy) is 2. The number of rotatable bonds is 22. The van der Waals surface area contributed by atoms with Gasteiger partial charge in [-0.25, -0.2) is 9.78 Å². The fourth-order valence-corrected chi connectivity index (χ4v) is 6.91. The number of amides is 4. The number of benzene rings is 1. The van der Waals surface area contributed by atoms with Crippen molar-refractivity contribution in [1.29, 1.82) is 0 Å². The fraction of sp³-hybridized carbons (Fsp3) is 0.705. The first kappa shape index (κ1) is 46.5. The Balaban J connectivity index is 1.57. The monoisotopic (exact) mass is 781 g/mol. The molecule has 1 saturated carbocycles. The molecular weight excluding hydrogens is 709 g/mol. The van der Waals surface area contributed by atoms with Gasteiger partial charge in [-0.1, -0.05) is 70.2 Å². The summed E-state index contributed by atoms with van der Waals surface area (Å²) in [7, 11) is 0. The van der Waals surface area contributed by atoms with Gasteiger partial charge in [-0.2, -0.15) is 0 Å². The van der Waals surface area contributed by atoms with Crippen molar-refractivity contribution in [3.05, 3.63) is 53.6 Å². The smallest absolute Gasteiger partial charge is 0.407 e. The number of carbonyl (C=O) groups excluding carboxylic acids is 4. The van der Waals surface area contributed by atoms with E-state index in [2.05, 4.69) is 56.8 Å². The van der Waals surface area contributed by atoms with E-state index < -0.39 is 35.3 Å². The van der Waals surface area contributed by atoms with Gasteiger partial charge in [0, 0.05) is 37.9 Å². The molecule has 0 unspecified atom stereocenters. The van der Waals surface area contributed by atoms with E-state index in [1.165, 1.54) is 37.7 Å². The Labute approximate surface area is 336 Å². The van der Waals surface area contributed by atoms with Crippen molar-refractivity contribution < 1.29 is 28.7 Å². The van der Waals surface area contributed by atoms with Gasteiger partial charge in [-0.3, -0.25) is 14.4 Å². The molecule has 0 aliphatic heterocycles. The van der Waals surface area contributed by atoms with E-state index in [0.29, 0.717) is 44.2 Å². The third-order valence-electron chi connectivity index (χ3n) is 9.90. The molecule has 0 bridgehead atoms. The number of carbonyl (C=O) groups is 4. The van der Waals surface area contributed by atoms with E-state index in [9.17, 15) is 19.2 Å². The van der Waals surface area contributed by atoms with Crippen molar-refractivity contribution >= 4 is 23.8 Å². The number of alkyl carbamates (subject to hydrolysis) is 1. The first-order valence-electron chi connectivity index (χ1n) is 21.1. The summed E-state index contributed by atoms with van der Waals surface area (Å²) in [4.78, 5) is 57.3. The Morgan fingerprint density at radius 2 is 1.50 bits per heavy atom. The normalized spacial score (nSPS) is 14.9.